The molecule has 1 unspecified atom stereocenters. The van der Waals surface area contributed by atoms with Crippen LogP contribution in [0.1, 0.15) is 30.2 Å². The number of nitrogens with two attached hydrogens (primary N) is 1. The maximum absolute atomic E-state index is 8.73. The maximum atomic E-state index is 8.73. The average Bonchev–Trinajstić information content (AvgIpc) is 3.08. The van der Waals surface area contributed by atoms with Crippen LogP contribution < -0.4 is 5.73 Å². The van der Waals surface area contributed by atoms with Gasteiger partial charge in [0.05, 0.1) is 12.1 Å². The Hall–Kier alpha value is -0.410. The molecule has 0 aliphatic heterocycles. The monoisotopic (exact) mass is 313 g/mol. The number of halogens is 1. The SMILES string of the molecule is N#CCCN(C1CC1)C(CN)c1cc(Br)cs1. The van der Waals surface area contributed by atoms with Gasteiger partial charge in [0.15, 0.2) is 0 Å². The lowest BCUT2D eigenvalue weighted by molar-refractivity contribution is 0.198. The molecule has 1 aromatic heterocycles. The van der Waals surface area contributed by atoms with Crippen molar-refractivity contribution in [3.8, 4) is 6.07 Å². The minimum atomic E-state index is 0.271. The van der Waals surface area contributed by atoms with Gasteiger partial charge >= 0.3 is 0 Å². The van der Waals surface area contributed by atoms with Gasteiger partial charge in [0, 0.05) is 40.3 Å². The molecule has 17 heavy (non-hydrogen) atoms. The van der Waals surface area contributed by atoms with E-state index in [0.717, 1.165) is 11.0 Å². The summed E-state index contributed by atoms with van der Waals surface area (Å²) in [6.45, 7) is 1.45. The summed E-state index contributed by atoms with van der Waals surface area (Å²) in [7, 11) is 0. The van der Waals surface area contributed by atoms with E-state index in [1.807, 2.05) is 0 Å². The molecule has 1 atom stereocenters. The Bertz CT molecular complexity index is 408. The second-order valence-electron chi connectivity index (χ2n) is 4.30. The van der Waals surface area contributed by atoms with Gasteiger partial charge in [-0.05, 0) is 34.8 Å². The van der Waals surface area contributed by atoms with Crippen molar-refractivity contribution >= 4 is 27.3 Å². The number of hydrogen-bond acceptors (Lipinski definition) is 4. The summed E-state index contributed by atoms with van der Waals surface area (Å²) in [6.07, 6.45) is 3.07. The second kappa shape index (κ2) is 5.96. The smallest absolute Gasteiger partial charge is 0.0635 e. The summed E-state index contributed by atoms with van der Waals surface area (Å²) in [4.78, 5) is 3.70. The fourth-order valence-electron chi connectivity index (χ4n) is 2.10. The summed E-state index contributed by atoms with van der Waals surface area (Å²) in [5.74, 6) is 0. The van der Waals surface area contributed by atoms with E-state index >= 15 is 0 Å². The third-order valence-electron chi connectivity index (χ3n) is 3.04. The third-order valence-corrected chi connectivity index (χ3v) is 4.83. The normalized spacial score (nSPS) is 17.1. The van der Waals surface area contributed by atoms with Crippen LogP contribution in [0.4, 0.5) is 0 Å². The quantitative estimate of drug-likeness (QED) is 0.878. The summed E-state index contributed by atoms with van der Waals surface area (Å²) in [5.41, 5.74) is 5.92. The fourth-order valence-corrected chi connectivity index (χ4v) is 3.68. The molecule has 1 saturated carbocycles. The van der Waals surface area contributed by atoms with Crippen molar-refractivity contribution in [3.05, 3.63) is 20.8 Å². The molecule has 0 radical (unpaired) electrons. The number of thiophene rings is 1. The van der Waals surface area contributed by atoms with Crippen LogP contribution in [0.15, 0.2) is 15.9 Å². The van der Waals surface area contributed by atoms with Gasteiger partial charge in [-0.3, -0.25) is 4.90 Å². The first-order valence-corrected chi connectivity index (χ1v) is 7.50. The predicted octanol–water partition coefficient (Wildman–Crippen LogP) is 2.89. The molecule has 1 heterocycles. The Labute approximate surface area is 114 Å². The Morgan fingerprint density at radius 1 is 1.65 bits per heavy atom. The Kier molecular flexibility index (Phi) is 4.57. The van der Waals surface area contributed by atoms with E-state index in [0.29, 0.717) is 19.0 Å². The highest BCUT2D eigenvalue weighted by atomic mass is 79.9. The summed E-state index contributed by atoms with van der Waals surface area (Å²) in [5, 5.41) is 10.8. The number of hydrogen-bond donors (Lipinski definition) is 1. The molecular weight excluding hydrogens is 298 g/mol. The van der Waals surface area contributed by atoms with Gasteiger partial charge in [-0.25, -0.2) is 0 Å². The molecule has 0 saturated heterocycles. The molecule has 0 amide bonds. The van der Waals surface area contributed by atoms with E-state index in [1.165, 1.54) is 17.7 Å². The zero-order valence-corrected chi connectivity index (χ0v) is 12.0. The Morgan fingerprint density at radius 2 is 2.41 bits per heavy atom. The summed E-state index contributed by atoms with van der Waals surface area (Å²) < 4.78 is 1.12. The largest absolute Gasteiger partial charge is 0.329 e. The lowest BCUT2D eigenvalue weighted by Gasteiger charge is -2.29. The molecule has 3 nitrogen and oxygen atoms in total. The molecule has 2 N–H and O–H groups in total. The van der Waals surface area contributed by atoms with Gasteiger partial charge in [-0.1, -0.05) is 0 Å². The summed E-state index contributed by atoms with van der Waals surface area (Å²) in [6, 6.07) is 5.28. The summed E-state index contributed by atoms with van der Waals surface area (Å²) >= 11 is 5.22. The van der Waals surface area contributed by atoms with Gasteiger partial charge in [0.25, 0.3) is 0 Å². The zero-order chi connectivity index (χ0) is 12.3. The van der Waals surface area contributed by atoms with E-state index in [4.69, 9.17) is 11.0 Å². The third kappa shape index (κ3) is 3.29. The molecule has 2 rings (SSSR count). The van der Waals surface area contributed by atoms with Crippen LogP contribution in [0.5, 0.6) is 0 Å². The molecule has 1 aliphatic rings. The van der Waals surface area contributed by atoms with Crippen LogP contribution in [-0.2, 0) is 0 Å². The van der Waals surface area contributed by atoms with Crippen molar-refractivity contribution in [2.24, 2.45) is 5.73 Å². The highest BCUT2D eigenvalue weighted by Gasteiger charge is 2.34. The van der Waals surface area contributed by atoms with Crippen molar-refractivity contribution in [3.63, 3.8) is 0 Å². The van der Waals surface area contributed by atoms with Crippen LogP contribution >= 0.6 is 27.3 Å². The molecular formula is C12H16BrN3S. The number of rotatable bonds is 6. The molecule has 0 spiro atoms. The van der Waals surface area contributed by atoms with E-state index in [1.54, 1.807) is 11.3 Å². The average molecular weight is 314 g/mol. The van der Waals surface area contributed by atoms with E-state index in [2.05, 4.69) is 38.3 Å². The standard InChI is InChI=1S/C12H16BrN3S/c13-9-6-12(17-8-9)11(7-15)16(5-1-4-14)10-2-3-10/h6,8,10-11H,1-3,5,7,15H2. The Morgan fingerprint density at radius 3 is 2.88 bits per heavy atom. The van der Waals surface area contributed by atoms with Crippen LogP contribution in [0.2, 0.25) is 0 Å². The van der Waals surface area contributed by atoms with Crippen molar-refractivity contribution in [2.45, 2.75) is 31.3 Å². The lowest BCUT2D eigenvalue weighted by atomic mass is 10.2. The van der Waals surface area contributed by atoms with E-state index in [-0.39, 0.29) is 6.04 Å². The lowest BCUT2D eigenvalue weighted by Crippen LogP contribution is -2.35. The minimum Gasteiger partial charge on any atom is -0.329 e. The van der Waals surface area contributed by atoms with Crippen molar-refractivity contribution in [1.29, 1.82) is 5.26 Å². The first kappa shape index (κ1) is 13.0. The zero-order valence-electron chi connectivity index (χ0n) is 9.60. The van der Waals surface area contributed by atoms with Gasteiger partial charge in [0.2, 0.25) is 0 Å². The van der Waals surface area contributed by atoms with Gasteiger partial charge < -0.3 is 5.73 Å². The predicted molar refractivity (Wildman–Crippen MR) is 73.8 cm³/mol. The maximum Gasteiger partial charge on any atom is 0.0635 e. The van der Waals surface area contributed by atoms with Crippen LogP contribution in [0, 0.1) is 11.3 Å². The van der Waals surface area contributed by atoms with Crippen LogP contribution in [0.3, 0.4) is 0 Å². The van der Waals surface area contributed by atoms with Gasteiger partial charge in [-0.2, -0.15) is 5.26 Å². The minimum absolute atomic E-state index is 0.271. The molecule has 0 bridgehead atoms. The molecule has 1 fully saturated rings. The fraction of sp³-hybridized carbons (Fsp3) is 0.583. The van der Waals surface area contributed by atoms with Gasteiger partial charge in [0.1, 0.15) is 0 Å². The second-order valence-corrected chi connectivity index (χ2v) is 6.15. The molecule has 1 aliphatic carbocycles. The van der Waals surface area contributed by atoms with Crippen LogP contribution in [-0.4, -0.2) is 24.0 Å². The first-order chi connectivity index (χ1) is 8.26. The topological polar surface area (TPSA) is 53.0 Å². The Balaban J connectivity index is 2.11. The number of nitrogens with zero attached hydrogens (tertiary/aromatic N) is 2. The molecule has 5 heteroatoms. The molecule has 1 aromatic rings. The van der Waals surface area contributed by atoms with Crippen molar-refractivity contribution in [2.75, 3.05) is 13.1 Å². The highest BCUT2D eigenvalue weighted by molar-refractivity contribution is 9.10. The van der Waals surface area contributed by atoms with E-state index in [9.17, 15) is 0 Å². The highest BCUT2D eigenvalue weighted by Crippen LogP contribution is 2.36. The first-order valence-electron chi connectivity index (χ1n) is 5.83. The van der Waals surface area contributed by atoms with Crippen molar-refractivity contribution < 1.29 is 0 Å². The van der Waals surface area contributed by atoms with Crippen LogP contribution in [0.25, 0.3) is 0 Å². The van der Waals surface area contributed by atoms with Crippen molar-refractivity contribution in [1.82, 2.24) is 4.90 Å². The van der Waals surface area contributed by atoms with Gasteiger partial charge in [-0.15, -0.1) is 11.3 Å². The molecule has 92 valence electrons. The molecule has 0 aromatic carbocycles. The van der Waals surface area contributed by atoms with E-state index < -0.39 is 0 Å². The number of nitriles is 1.